The quantitative estimate of drug-likeness (QED) is 0.624. The minimum atomic E-state index is 0.0336. The zero-order valence-corrected chi connectivity index (χ0v) is 20.9. The van der Waals surface area contributed by atoms with E-state index in [1.165, 1.54) is 61.3 Å². The Morgan fingerprint density at radius 3 is 2.26 bits per heavy atom. The van der Waals surface area contributed by atoms with Crippen LogP contribution in [0.25, 0.3) is 16.6 Å². The van der Waals surface area contributed by atoms with E-state index in [1.54, 1.807) is 0 Å². The van der Waals surface area contributed by atoms with Crippen LogP contribution < -0.4 is 10.2 Å². The summed E-state index contributed by atoms with van der Waals surface area (Å²) in [6.07, 6.45) is 7.89. The van der Waals surface area contributed by atoms with Crippen LogP contribution in [0.5, 0.6) is 0 Å². The number of piperazine rings is 1. The molecule has 2 bridgehead atoms. The molecule has 6 heterocycles. The SMILES string of the molecule is CC(C)NC(=O)N1CCN(c2ccnn3cc(-c4ccc(C56CCN(CC5)CC6)cc4)cc23)CC1. The van der Waals surface area contributed by atoms with Crippen molar-refractivity contribution >= 4 is 17.2 Å². The first-order valence-corrected chi connectivity index (χ1v) is 13.1. The average Bonchev–Trinajstić information content (AvgIpc) is 3.34. The molecule has 4 aliphatic heterocycles. The van der Waals surface area contributed by atoms with Crippen LogP contribution in [0.2, 0.25) is 0 Å². The molecule has 7 nitrogen and oxygen atoms in total. The Hall–Kier alpha value is -3.06. The first kappa shape index (κ1) is 22.4. The highest BCUT2D eigenvalue weighted by Gasteiger charge is 2.40. The van der Waals surface area contributed by atoms with Crippen molar-refractivity contribution in [2.45, 2.75) is 44.6 Å². The summed E-state index contributed by atoms with van der Waals surface area (Å²) in [7, 11) is 0. The van der Waals surface area contributed by atoms with Gasteiger partial charge in [-0.3, -0.25) is 0 Å². The molecule has 0 atom stereocenters. The molecule has 0 radical (unpaired) electrons. The number of hydrogen-bond donors (Lipinski definition) is 1. The third-order valence-corrected chi connectivity index (χ3v) is 8.36. The average molecular weight is 473 g/mol. The van der Waals surface area contributed by atoms with Crippen LogP contribution >= 0.6 is 0 Å². The summed E-state index contributed by atoms with van der Waals surface area (Å²) >= 11 is 0. The number of anilines is 1. The standard InChI is InChI=1S/C28H36N6O/c1-21(2)30-27(35)33-17-15-32(16-18-33)25-7-11-29-34-20-23(19-26(25)34)22-3-5-24(6-4-22)28-8-12-31(13-9-28)14-10-28/h3-7,11,19-21H,8-10,12-18H2,1-2H3,(H,30,35). The van der Waals surface area contributed by atoms with Crippen LogP contribution in [-0.2, 0) is 5.41 Å². The summed E-state index contributed by atoms with van der Waals surface area (Å²) in [6, 6.07) is 13.9. The van der Waals surface area contributed by atoms with Gasteiger partial charge in [0.15, 0.2) is 0 Å². The molecular weight excluding hydrogens is 436 g/mol. The number of urea groups is 1. The van der Waals surface area contributed by atoms with Gasteiger partial charge in [-0.1, -0.05) is 24.3 Å². The van der Waals surface area contributed by atoms with Gasteiger partial charge in [-0.25, -0.2) is 9.31 Å². The summed E-state index contributed by atoms with van der Waals surface area (Å²) in [5, 5.41) is 7.59. The number of nitrogens with one attached hydrogen (secondary N) is 1. The maximum absolute atomic E-state index is 12.4. The predicted octanol–water partition coefficient (Wildman–Crippen LogP) is 3.98. The first-order chi connectivity index (χ1) is 17.0. The van der Waals surface area contributed by atoms with Gasteiger partial charge in [-0.15, -0.1) is 0 Å². The van der Waals surface area contributed by atoms with Crippen LogP contribution in [0.4, 0.5) is 10.5 Å². The van der Waals surface area contributed by atoms with Gasteiger partial charge in [0.25, 0.3) is 0 Å². The van der Waals surface area contributed by atoms with Gasteiger partial charge in [0.05, 0.1) is 11.2 Å². The van der Waals surface area contributed by atoms with Crippen molar-refractivity contribution in [1.82, 2.24) is 24.7 Å². The molecule has 0 aliphatic carbocycles. The minimum Gasteiger partial charge on any atom is -0.366 e. The van der Waals surface area contributed by atoms with Crippen LogP contribution in [-0.4, -0.2) is 77.3 Å². The number of benzene rings is 1. The smallest absolute Gasteiger partial charge is 0.317 e. The minimum absolute atomic E-state index is 0.0336. The monoisotopic (exact) mass is 472 g/mol. The molecule has 7 heteroatoms. The number of carbonyl (C=O) groups excluding carboxylic acids is 1. The maximum atomic E-state index is 12.4. The fourth-order valence-corrected chi connectivity index (χ4v) is 6.19. The van der Waals surface area contributed by atoms with E-state index in [-0.39, 0.29) is 12.1 Å². The van der Waals surface area contributed by atoms with E-state index in [0.717, 1.165) is 31.7 Å². The molecule has 1 aromatic carbocycles. The second kappa shape index (κ2) is 8.86. The molecular formula is C28H36N6O. The Kier molecular flexibility index (Phi) is 5.67. The van der Waals surface area contributed by atoms with Crippen molar-refractivity contribution in [2.24, 2.45) is 0 Å². The molecule has 0 saturated carbocycles. The summed E-state index contributed by atoms with van der Waals surface area (Å²) in [6.45, 7) is 10.8. The molecule has 0 spiro atoms. The van der Waals surface area contributed by atoms with Crippen molar-refractivity contribution in [3.05, 3.63) is 54.4 Å². The van der Waals surface area contributed by atoms with E-state index < -0.39 is 0 Å². The molecule has 0 unspecified atom stereocenters. The fourth-order valence-electron chi connectivity index (χ4n) is 6.19. The Labute approximate surface area is 207 Å². The molecule has 35 heavy (non-hydrogen) atoms. The van der Waals surface area contributed by atoms with Gasteiger partial charge in [0.1, 0.15) is 0 Å². The first-order valence-electron chi connectivity index (χ1n) is 13.1. The van der Waals surface area contributed by atoms with E-state index in [2.05, 4.69) is 62.8 Å². The van der Waals surface area contributed by atoms with Crippen molar-refractivity contribution in [2.75, 3.05) is 50.7 Å². The lowest BCUT2D eigenvalue weighted by Gasteiger charge is -2.49. The van der Waals surface area contributed by atoms with Crippen molar-refractivity contribution in [1.29, 1.82) is 0 Å². The third kappa shape index (κ3) is 4.16. The van der Waals surface area contributed by atoms with Gasteiger partial charge in [0.2, 0.25) is 0 Å². The topological polar surface area (TPSA) is 56.1 Å². The lowest BCUT2D eigenvalue weighted by atomic mass is 9.67. The zero-order valence-electron chi connectivity index (χ0n) is 20.9. The Morgan fingerprint density at radius 2 is 1.60 bits per heavy atom. The van der Waals surface area contributed by atoms with E-state index in [0.29, 0.717) is 5.41 Å². The molecule has 184 valence electrons. The predicted molar refractivity (Wildman–Crippen MR) is 140 cm³/mol. The molecule has 3 aromatic rings. The van der Waals surface area contributed by atoms with E-state index in [9.17, 15) is 4.79 Å². The summed E-state index contributed by atoms with van der Waals surface area (Å²) < 4.78 is 1.99. The molecule has 7 rings (SSSR count). The fraction of sp³-hybridized carbons (Fsp3) is 0.500. The van der Waals surface area contributed by atoms with Crippen molar-refractivity contribution in [3.8, 4) is 11.1 Å². The Balaban J connectivity index is 1.20. The van der Waals surface area contributed by atoms with Crippen LogP contribution in [0, 0.1) is 0 Å². The summed E-state index contributed by atoms with van der Waals surface area (Å²) in [5.41, 5.74) is 6.64. The highest BCUT2D eigenvalue weighted by Crippen LogP contribution is 2.43. The highest BCUT2D eigenvalue weighted by molar-refractivity contribution is 5.80. The van der Waals surface area contributed by atoms with E-state index >= 15 is 0 Å². The van der Waals surface area contributed by atoms with Crippen LogP contribution in [0.3, 0.4) is 0 Å². The molecule has 2 aromatic heterocycles. The summed E-state index contributed by atoms with van der Waals surface area (Å²) in [4.78, 5) is 19.3. The number of piperidine rings is 3. The van der Waals surface area contributed by atoms with Crippen LogP contribution in [0.1, 0.15) is 38.7 Å². The lowest BCUT2D eigenvalue weighted by Crippen LogP contribution is -2.53. The molecule has 1 N–H and O–H groups in total. The lowest BCUT2D eigenvalue weighted by molar-refractivity contribution is 0.0818. The number of aromatic nitrogens is 2. The second-order valence-corrected chi connectivity index (χ2v) is 10.8. The van der Waals surface area contributed by atoms with E-state index in [4.69, 9.17) is 0 Å². The number of amides is 2. The van der Waals surface area contributed by atoms with Crippen LogP contribution in [0.15, 0.2) is 48.8 Å². The normalized spacial score (nSPS) is 24.4. The largest absolute Gasteiger partial charge is 0.366 e. The number of nitrogens with zero attached hydrogens (tertiary/aromatic N) is 5. The van der Waals surface area contributed by atoms with Gasteiger partial charge < -0.3 is 20.0 Å². The molecule has 4 fully saturated rings. The van der Waals surface area contributed by atoms with Crippen molar-refractivity contribution < 1.29 is 4.79 Å². The van der Waals surface area contributed by atoms with Gasteiger partial charge in [0, 0.05) is 50.2 Å². The highest BCUT2D eigenvalue weighted by atomic mass is 16.2. The Morgan fingerprint density at radius 1 is 0.914 bits per heavy atom. The molecule has 2 amide bonds. The molecule has 4 aliphatic rings. The van der Waals surface area contributed by atoms with Gasteiger partial charge in [-0.2, -0.15) is 5.10 Å². The van der Waals surface area contributed by atoms with Gasteiger partial charge in [-0.05, 0) is 81.4 Å². The second-order valence-electron chi connectivity index (χ2n) is 10.8. The number of hydrogen-bond acceptors (Lipinski definition) is 4. The van der Waals surface area contributed by atoms with Crippen molar-refractivity contribution in [3.63, 3.8) is 0 Å². The molecule has 4 saturated heterocycles. The van der Waals surface area contributed by atoms with Gasteiger partial charge >= 0.3 is 6.03 Å². The number of carbonyl (C=O) groups is 1. The maximum Gasteiger partial charge on any atom is 0.317 e. The number of rotatable bonds is 4. The number of fused-ring (bicyclic) bond motifs is 4. The summed E-state index contributed by atoms with van der Waals surface area (Å²) in [5.74, 6) is 0. The van der Waals surface area contributed by atoms with E-state index in [1.807, 2.05) is 29.5 Å². The zero-order chi connectivity index (χ0) is 24.0. The third-order valence-electron chi connectivity index (χ3n) is 8.36. The Bertz CT molecular complexity index is 1190.